The van der Waals surface area contributed by atoms with Gasteiger partial charge in [0.1, 0.15) is 0 Å². The quantitative estimate of drug-likeness (QED) is 0.659. The molecule has 102 valence electrons. The second kappa shape index (κ2) is 5.22. The number of rotatable bonds is 4. The molecule has 0 aliphatic rings. The molecule has 1 heterocycles. The number of aromatic carboxylic acids is 2. The van der Waals surface area contributed by atoms with Crippen LogP contribution >= 0.6 is 0 Å². The molecule has 0 unspecified atom stereocenters. The lowest BCUT2D eigenvalue weighted by Gasteiger charge is -2.06. The van der Waals surface area contributed by atoms with Crippen molar-refractivity contribution in [3.05, 3.63) is 47.3 Å². The lowest BCUT2D eigenvalue weighted by Crippen LogP contribution is -2.13. The summed E-state index contributed by atoms with van der Waals surface area (Å²) in [5, 5.41) is 26.3. The zero-order chi connectivity index (χ0) is 14.7. The van der Waals surface area contributed by atoms with Crippen molar-refractivity contribution in [3.63, 3.8) is 0 Å². The highest BCUT2D eigenvalue weighted by Gasteiger charge is 2.13. The number of nitrogens with one attached hydrogen (secondary N) is 2. The molecule has 1 aromatic heterocycles. The SMILES string of the molecule is O=C(O)c1cc(NC(=O)c2cn[nH]c2)cc(C(=O)O)c1. The fourth-order valence-electron chi connectivity index (χ4n) is 1.53. The number of benzene rings is 1. The molecular weight excluding hydrogens is 266 g/mol. The number of hydrogen-bond donors (Lipinski definition) is 4. The molecule has 0 saturated carbocycles. The van der Waals surface area contributed by atoms with Crippen molar-refractivity contribution in [1.29, 1.82) is 0 Å². The first-order valence-corrected chi connectivity index (χ1v) is 5.39. The summed E-state index contributed by atoms with van der Waals surface area (Å²) in [6, 6.07) is 3.36. The van der Waals surface area contributed by atoms with Crippen molar-refractivity contribution in [3.8, 4) is 0 Å². The Morgan fingerprint density at radius 3 is 2.05 bits per heavy atom. The Balaban J connectivity index is 2.33. The third-order valence-electron chi connectivity index (χ3n) is 2.45. The summed E-state index contributed by atoms with van der Waals surface area (Å²) in [5.41, 5.74) is -0.143. The summed E-state index contributed by atoms with van der Waals surface area (Å²) in [5.74, 6) is -3.10. The van der Waals surface area contributed by atoms with Crippen LogP contribution in [0.25, 0.3) is 0 Å². The molecule has 1 aromatic carbocycles. The Hall–Kier alpha value is -3.16. The Bertz CT molecular complexity index is 646. The number of carboxylic acid groups (broad SMARTS) is 2. The second-order valence-corrected chi connectivity index (χ2v) is 3.85. The van der Waals surface area contributed by atoms with Gasteiger partial charge in [-0.25, -0.2) is 9.59 Å². The molecule has 0 aliphatic heterocycles. The van der Waals surface area contributed by atoms with Gasteiger partial charge in [0, 0.05) is 11.9 Å². The number of carbonyl (C=O) groups is 3. The van der Waals surface area contributed by atoms with Gasteiger partial charge in [-0.2, -0.15) is 5.10 Å². The first-order chi connectivity index (χ1) is 9.47. The Morgan fingerprint density at radius 1 is 1.00 bits per heavy atom. The number of carbonyl (C=O) groups excluding carboxylic acids is 1. The van der Waals surface area contributed by atoms with Gasteiger partial charge in [-0.3, -0.25) is 9.89 Å². The average molecular weight is 275 g/mol. The van der Waals surface area contributed by atoms with Crippen molar-refractivity contribution in [2.45, 2.75) is 0 Å². The minimum absolute atomic E-state index is 0.0773. The lowest BCUT2D eigenvalue weighted by atomic mass is 10.1. The van der Waals surface area contributed by atoms with Gasteiger partial charge in [0.25, 0.3) is 5.91 Å². The molecule has 8 heteroatoms. The zero-order valence-corrected chi connectivity index (χ0v) is 9.95. The van der Waals surface area contributed by atoms with E-state index in [1.54, 1.807) is 0 Å². The summed E-state index contributed by atoms with van der Waals surface area (Å²) < 4.78 is 0. The van der Waals surface area contributed by atoms with Crippen LogP contribution in [0.5, 0.6) is 0 Å². The molecule has 4 N–H and O–H groups in total. The highest BCUT2D eigenvalue weighted by molar-refractivity contribution is 6.05. The van der Waals surface area contributed by atoms with Gasteiger partial charge in [0.15, 0.2) is 0 Å². The maximum absolute atomic E-state index is 11.8. The van der Waals surface area contributed by atoms with Crippen LogP contribution in [0.1, 0.15) is 31.1 Å². The van der Waals surface area contributed by atoms with Gasteiger partial charge in [-0.15, -0.1) is 0 Å². The summed E-state index contributed by atoms with van der Waals surface area (Å²) in [7, 11) is 0. The van der Waals surface area contributed by atoms with E-state index in [1.807, 2.05) is 0 Å². The molecule has 0 saturated heterocycles. The van der Waals surface area contributed by atoms with E-state index in [1.165, 1.54) is 24.5 Å². The van der Waals surface area contributed by atoms with Crippen LogP contribution in [0, 0.1) is 0 Å². The molecular formula is C12H9N3O5. The van der Waals surface area contributed by atoms with E-state index < -0.39 is 17.8 Å². The van der Waals surface area contributed by atoms with E-state index in [0.29, 0.717) is 0 Å². The van der Waals surface area contributed by atoms with E-state index >= 15 is 0 Å². The summed E-state index contributed by atoms with van der Waals surface area (Å²) >= 11 is 0. The van der Waals surface area contributed by atoms with Crippen LogP contribution in [0.3, 0.4) is 0 Å². The predicted molar refractivity (Wildman–Crippen MR) is 66.9 cm³/mol. The van der Waals surface area contributed by atoms with E-state index in [9.17, 15) is 14.4 Å². The molecule has 0 fully saturated rings. The van der Waals surface area contributed by atoms with Gasteiger partial charge in [0.2, 0.25) is 0 Å². The third-order valence-corrected chi connectivity index (χ3v) is 2.45. The van der Waals surface area contributed by atoms with Crippen LogP contribution in [0.4, 0.5) is 5.69 Å². The van der Waals surface area contributed by atoms with E-state index in [4.69, 9.17) is 10.2 Å². The number of anilines is 1. The molecule has 0 aliphatic carbocycles. The first kappa shape index (κ1) is 13.3. The van der Waals surface area contributed by atoms with Crippen LogP contribution in [0.15, 0.2) is 30.6 Å². The second-order valence-electron chi connectivity index (χ2n) is 3.85. The van der Waals surface area contributed by atoms with Crippen molar-refractivity contribution >= 4 is 23.5 Å². The van der Waals surface area contributed by atoms with Crippen molar-refractivity contribution in [1.82, 2.24) is 10.2 Å². The fourth-order valence-corrected chi connectivity index (χ4v) is 1.53. The summed E-state index contributed by atoms with van der Waals surface area (Å²) in [6.45, 7) is 0. The highest BCUT2D eigenvalue weighted by Crippen LogP contribution is 2.16. The number of carboxylic acids is 2. The van der Waals surface area contributed by atoms with Gasteiger partial charge < -0.3 is 15.5 Å². The van der Waals surface area contributed by atoms with Crippen molar-refractivity contribution in [2.24, 2.45) is 0 Å². The van der Waals surface area contributed by atoms with Crippen LogP contribution in [0.2, 0.25) is 0 Å². The highest BCUT2D eigenvalue weighted by atomic mass is 16.4. The molecule has 0 spiro atoms. The van der Waals surface area contributed by atoms with Gasteiger partial charge in [-0.1, -0.05) is 0 Å². The summed E-state index contributed by atoms with van der Waals surface area (Å²) in [4.78, 5) is 33.6. The molecule has 8 nitrogen and oxygen atoms in total. The zero-order valence-electron chi connectivity index (χ0n) is 9.95. The fraction of sp³-hybridized carbons (Fsp3) is 0. The number of aromatic nitrogens is 2. The van der Waals surface area contributed by atoms with Gasteiger partial charge in [0.05, 0.1) is 22.9 Å². The number of H-pyrrole nitrogens is 1. The number of hydrogen-bond acceptors (Lipinski definition) is 4. The minimum Gasteiger partial charge on any atom is -0.478 e. The van der Waals surface area contributed by atoms with Gasteiger partial charge >= 0.3 is 11.9 Å². The third kappa shape index (κ3) is 2.80. The summed E-state index contributed by atoms with van der Waals surface area (Å²) in [6.07, 6.45) is 2.64. The predicted octanol–water partition coefficient (Wildman–Crippen LogP) is 1.06. The van der Waals surface area contributed by atoms with Crippen molar-refractivity contribution < 1.29 is 24.6 Å². The van der Waals surface area contributed by atoms with E-state index in [2.05, 4.69) is 15.5 Å². The van der Waals surface area contributed by atoms with Gasteiger partial charge in [-0.05, 0) is 18.2 Å². The molecule has 1 amide bonds. The van der Waals surface area contributed by atoms with E-state index in [-0.39, 0.29) is 22.4 Å². The molecule has 2 aromatic rings. The minimum atomic E-state index is -1.29. The molecule has 0 radical (unpaired) electrons. The Morgan fingerprint density at radius 2 is 1.60 bits per heavy atom. The normalized spacial score (nSPS) is 10.0. The number of aromatic amines is 1. The van der Waals surface area contributed by atoms with Crippen LogP contribution in [-0.4, -0.2) is 38.3 Å². The van der Waals surface area contributed by atoms with E-state index in [0.717, 1.165) is 6.07 Å². The standard InChI is InChI=1S/C12H9N3O5/c16-10(8-4-13-14-5-8)15-9-2-6(11(17)18)1-7(3-9)12(19)20/h1-5H,(H,13,14)(H,15,16)(H,17,18)(H,19,20). The molecule has 0 bridgehead atoms. The topological polar surface area (TPSA) is 132 Å². The van der Waals surface area contributed by atoms with Crippen LogP contribution < -0.4 is 5.32 Å². The lowest BCUT2D eigenvalue weighted by molar-refractivity contribution is 0.0696. The number of amides is 1. The monoisotopic (exact) mass is 275 g/mol. The molecule has 20 heavy (non-hydrogen) atoms. The van der Waals surface area contributed by atoms with Crippen LogP contribution in [-0.2, 0) is 0 Å². The molecule has 0 atom stereocenters. The smallest absolute Gasteiger partial charge is 0.335 e. The largest absolute Gasteiger partial charge is 0.478 e. The maximum Gasteiger partial charge on any atom is 0.335 e. The number of nitrogens with zero attached hydrogens (tertiary/aromatic N) is 1. The Labute approximate surface area is 112 Å². The Kier molecular flexibility index (Phi) is 3.47. The first-order valence-electron chi connectivity index (χ1n) is 5.39. The average Bonchev–Trinajstić information content (AvgIpc) is 2.92. The maximum atomic E-state index is 11.8. The van der Waals surface area contributed by atoms with Crippen molar-refractivity contribution in [2.75, 3.05) is 5.32 Å². The molecule has 2 rings (SSSR count).